The Morgan fingerprint density at radius 2 is 1.21 bits per heavy atom. The van der Waals surface area contributed by atoms with Gasteiger partial charge < -0.3 is 5.11 Å². The van der Waals surface area contributed by atoms with E-state index in [2.05, 4.69) is 30.3 Å². The molecule has 2 aromatic carbocycles. The molecule has 9 aliphatic carbocycles. The van der Waals surface area contributed by atoms with E-state index in [0.29, 0.717) is 0 Å². The average Bonchev–Trinajstić information content (AvgIpc) is 3.48. The van der Waals surface area contributed by atoms with Crippen molar-refractivity contribution in [1.29, 1.82) is 0 Å². The van der Waals surface area contributed by atoms with Crippen LogP contribution in [0, 0.1) is 76.9 Å². The van der Waals surface area contributed by atoms with Crippen LogP contribution < -0.4 is 0 Å². The van der Waals surface area contributed by atoms with Gasteiger partial charge in [0.05, 0.1) is 6.10 Å². The second kappa shape index (κ2) is 3.85. The Balaban J connectivity index is 1.13. The highest BCUT2D eigenvalue weighted by atomic mass is 16.3. The van der Waals surface area contributed by atoms with E-state index in [1.807, 2.05) is 0 Å². The van der Waals surface area contributed by atoms with Gasteiger partial charge in [-0.1, -0.05) is 30.3 Å². The van der Waals surface area contributed by atoms with Crippen LogP contribution in [0.1, 0.15) is 16.7 Å². The molecule has 1 heteroatoms. The van der Waals surface area contributed by atoms with Crippen molar-refractivity contribution < 1.29 is 5.11 Å². The first-order valence-corrected chi connectivity index (χ1v) is 12.0. The Bertz CT molecular complexity index is 1050. The van der Waals surface area contributed by atoms with Crippen LogP contribution in [0.25, 0.3) is 10.8 Å². The van der Waals surface area contributed by atoms with Gasteiger partial charge in [0, 0.05) is 0 Å². The summed E-state index contributed by atoms with van der Waals surface area (Å²) in [6.45, 7) is 0. The first kappa shape index (κ1) is 13.8. The number of rotatable bonds is 2. The Hall–Kier alpha value is -1.34. The van der Waals surface area contributed by atoms with Crippen molar-refractivity contribution in [3.05, 3.63) is 47.0 Å². The lowest BCUT2D eigenvalue weighted by atomic mass is 9.80. The highest BCUT2D eigenvalue weighted by molar-refractivity contribution is 5.93. The van der Waals surface area contributed by atoms with Gasteiger partial charge in [0.1, 0.15) is 0 Å². The second-order valence-electron chi connectivity index (χ2n) is 12.0. The number of hydrogen-bond acceptors (Lipinski definition) is 1. The lowest BCUT2D eigenvalue weighted by molar-refractivity contribution is 0.102. The number of aliphatic hydroxyl groups excluding tert-OH is 1. The summed E-state index contributed by atoms with van der Waals surface area (Å²) >= 11 is 0. The molecule has 8 atom stereocenters. The molecule has 1 N–H and O–H groups in total. The second-order valence-corrected chi connectivity index (χ2v) is 12.0. The minimum Gasteiger partial charge on any atom is -0.393 e. The first-order chi connectivity index (χ1) is 13.8. The molecule has 0 saturated heterocycles. The van der Waals surface area contributed by atoms with Crippen molar-refractivity contribution in [1.82, 2.24) is 0 Å². The first-order valence-electron chi connectivity index (χ1n) is 12.0. The van der Waals surface area contributed by atoms with E-state index in [1.54, 1.807) is 27.5 Å². The normalized spacial score (nSPS) is 60.9. The molecule has 2 aromatic rings. The number of aliphatic hydroxyl groups is 1. The molecule has 8 fully saturated rings. The third-order valence-corrected chi connectivity index (χ3v) is 12.3. The molecule has 4 bridgehead atoms. The molecule has 140 valence electrons. The molecule has 8 saturated carbocycles. The van der Waals surface area contributed by atoms with E-state index in [-0.39, 0.29) is 6.10 Å². The molecular formula is C27H26O. The van der Waals surface area contributed by atoms with Crippen LogP contribution in [0.2, 0.25) is 0 Å². The fraction of sp³-hybridized carbons (Fsp3) is 0.630. The van der Waals surface area contributed by atoms with Crippen molar-refractivity contribution in [3.63, 3.8) is 0 Å². The molecule has 0 aromatic heterocycles. The summed E-state index contributed by atoms with van der Waals surface area (Å²) in [5.74, 6) is 12.5. The topological polar surface area (TPSA) is 20.2 Å². The van der Waals surface area contributed by atoms with Crippen LogP contribution in [0.15, 0.2) is 30.3 Å². The molecule has 0 aliphatic heterocycles. The summed E-state index contributed by atoms with van der Waals surface area (Å²) in [7, 11) is 0. The van der Waals surface area contributed by atoms with E-state index < -0.39 is 0 Å². The largest absolute Gasteiger partial charge is 0.393 e. The zero-order valence-electron chi connectivity index (χ0n) is 16.0. The molecule has 28 heavy (non-hydrogen) atoms. The van der Waals surface area contributed by atoms with Crippen molar-refractivity contribution in [3.8, 4) is 0 Å². The molecule has 0 amide bonds. The number of benzene rings is 2. The molecule has 11 rings (SSSR count). The van der Waals surface area contributed by atoms with E-state index in [4.69, 9.17) is 0 Å². The van der Waals surface area contributed by atoms with E-state index in [1.165, 1.54) is 19.3 Å². The molecule has 9 aliphatic rings. The smallest absolute Gasteiger partial charge is 0.0607 e. The van der Waals surface area contributed by atoms with Gasteiger partial charge in [-0.05, 0) is 124 Å². The molecular weight excluding hydrogens is 340 g/mol. The van der Waals surface area contributed by atoms with Crippen LogP contribution in [0.4, 0.5) is 0 Å². The maximum atomic E-state index is 10.9. The van der Waals surface area contributed by atoms with Gasteiger partial charge in [-0.2, -0.15) is 0 Å². The van der Waals surface area contributed by atoms with Crippen LogP contribution in [-0.2, 0) is 19.3 Å². The van der Waals surface area contributed by atoms with Crippen LogP contribution >= 0.6 is 0 Å². The minimum atomic E-state index is 0.111. The third-order valence-electron chi connectivity index (χ3n) is 12.3. The Morgan fingerprint density at radius 1 is 0.643 bits per heavy atom. The average molecular weight is 367 g/mol. The van der Waals surface area contributed by atoms with Gasteiger partial charge in [-0.15, -0.1) is 0 Å². The highest BCUT2D eigenvalue weighted by Crippen LogP contribution is 2.93. The summed E-state index contributed by atoms with van der Waals surface area (Å²) in [4.78, 5) is 0. The lowest BCUT2D eigenvalue weighted by Crippen LogP contribution is -2.21. The Morgan fingerprint density at radius 3 is 1.86 bits per heavy atom. The van der Waals surface area contributed by atoms with Crippen molar-refractivity contribution >= 4 is 10.8 Å². The van der Waals surface area contributed by atoms with Crippen molar-refractivity contribution in [2.24, 2.45) is 76.9 Å². The summed E-state index contributed by atoms with van der Waals surface area (Å²) in [6, 6.07) is 12.1. The quantitative estimate of drug-likeness (QED) is 0.853. The molecule has 0 heterocycles. The summed E-state index contributed by atoms with van der Waals surface area (Å²) in [5, 5.41) is 14.2. The Kier molecular flexibility index (Phi) is 1.90. The van der Waals surface area contributed by atoms with Gasteiger partial charge in [-0.3, -0.25) is 0 Å². The van der Waals surface area contributed by atoms with Crippen LogP contribution in [0.5, 0.6) is 0 Å². The number of hydrogen-bond donors (Lipinski definition) is 1. The fourth-order valence-corrected chi connectivity index (χ4v) is 12.8. The van der Waals surface area contributed by atoms with Crippen molar-refractivity contribution in [2.75, 3.05) is 0 Å². The van der Waals surface area contributed by atoms with E-state index >= 15 is 0 Å². The lowest BCUT2D eigenvalue weighted by Gasteiger charge is -2.24. The SMILES string of the molecule is OC1C2C3C4C1C1C2C2C5C(Cc6ccc7c8c(cccc68)CC7)C(C32)C4C51. The number of aryl methyl sites for hydroxylation is 2. The van der Waals surface area contributed by atoms with Crippen LogP contribution in [-0.4, -0.2) is 11.2 Å². The predicted octanol–water partition coefficient (Wildman–Crippen LogP) is 3.95. The summed E-state index contributed by atoms with van der Waals surface area (Å²) < 4.78 is 0. The van der Waals surface area contributed by atoms with Gasteiger partial charge in [-0.25, -0.2) is 0 Å². The van der Waals surface area contributed by atoms with Gasteiger partial charge in [0.25, 0.3) is 0 Å². The predicted molar refractivity (Wildman–Crippen MR) is 106 cm³/mol. The van der Waals surface area contributed by atoms with Crippen LogP contribution in [0.3, 0.4) is 0 Å². The molecule has 0 radical (unpaired) electrons. The highest BCUT2D eigenvalue weighted by Gasteiger charge is 2.92. The van der Waals surface area contributed by atoms with Crippen molar-refractivity contribution in [2.45, 2.75) is 25.4 Å². The molecule has 8 unspecified atom stereocenters. The van der Waals surface area contributed by atoms with E-state index in [0.717, 1.165) is 76.9 Å². The molecule has 1 nitrogen and oxygen atoms in total. The van der Waals surface area contributed by atoms with Gasteiger partial charge in [0.2, 0.25) is 0 Å². The summed E-state index contributed by atoms with van der Waals surface area (Å²) in [5.41, 5.74) is 4.86. The zero-order valence-corrected chi connectivity index (χ0v) is 16.0. The zero-order chi connectivity index (χ0) is 17.6. The van der Waals surface area contributed by atoms with Gasteiger partial charge in [0.15, 0.2) is 0 Å². The maximum Gasteiger partial charge on any atom is 0.0607 e. The standard InChI is InChI=1S/C27H26O/c28-27-25-21-17-15-13(16-19(17)23(25)24-20(16)18(15)22(21)26(24)27)8-11-7-6-10-5-4-9-2-1-3-12(11)14(9)10/h1-3,6-7,13,15-28H,4-5,8H2. The molecule has 0 spiro atoms. The fourth-order valence-electron chi connectivity index (χ4n) is 12.8. The van der Waals surface area contributed by atoms with Gasteiger partial charge >= 0.3 is 0 Å². The monoisotopic (exact) mass is 366 g/mol. The Labute approximate surface area is 165 Å². The maximum absolute atomic E-state index is 10.9. The minimum absolute atomic E-state index is 0.111. The summed E-state index contributed by atoms with van der Waals surface area (Å²) in [6.07, 6.45) is 3.96. The van der Waals surface area contributed by atoms with E-state index in [9.17, 15) is 5.11 Å². The third kappa shape index (κ3) is 1.05.